The molecule has 0 aliphatic heterocycles. The van der Waals surface area contributed by atoms with Crippen molar-refractivity contribution in [3.05, 3.63) is 24.3 Å². The second kappa shape index (κ2) is 52.0. The van der Waals surface area contributed by atoms with Gasteiger partial charge in [-0.3, -0.25) is 14.2 Å². The van der Waals surface area contributed by atoms with Crippen molar-refractivity contribution in [2.75, 3.05) is 40.9 Å². The van der Waals surface area contributed by atoms with Gasteiger partial charge in [-0.1, -0.05) is 257 Å². The molecule has 9 nitrogen and oxygen atoms in total. The Morgan fingerprint density at radius 3 is 1.20 bits per heavy atom. The lowest BCUT2D eigenvalue weighted by atomic mass is 10.0. The predicted molar refractivity (Wildman–Crippen MR) is 303 cm³/mol. The molecule has 420 valence electrons. The maximum absolute atomic E-state index is 13.5. The lowest BCUT2D eigenvalue weighted by Gasteiger charge is -2.30. The van der Waals surface area contributed by atoms with E-state index in [-0.39, 0.29) is 31.5 Å². The summed E-state index contributed by atoms with van der Waals surface area (Å²) >= 11 is 0. The van der Waals surface area contributed by atoms with Crippen LogP contribution in [0.5, 0.6) is 0 Å². The molecule has 3 atom stereocenters. The van der Waals surface area contributed by atoms with Crippen molar-refractivity contribution < 1.29 is 37.3 Å². The van der Waals surface area contributed by atoms with Crippen LogP contribution in [0.2, 0.25) is 0 Å². The third-order valence-electron chi connectivity index (χ3n) is 13.9. The van der Waals surface area contributed by atoms with Gasteiger partial charge in [-0.25, -0.2) is 0 Å². The monoisotopic (exact) mass is 1020 g/mol. The minimum atomic E-state index is -4.69. The Hall–Kier alpha value is -1.51. The topological polar surface area (TPSA) is 114 Å². The van der Waals surface area contributed by atoms with Gasteiger partial charge in [0.05, 0.1) is 33.8 Å². The van der Waals surface area contributed by atoms with Crippen molar-refractivity contribution in [3.8, 4) is 0 Å². The zero-order valence-electron chi connectivity index (χ0n) is 48.0. The van der Waals surface area contributed by atoms with Crippen molar-refractivity contribution in [2.45, 2.75) is 315 Å². The standard InChI is InChI=1S/C61H119N2O7P/c1-7-10-13-16-19-22-25-28-30-32-34-36-39-42-45-48-51-54-61(65)70-59(52-49-46-43-40-37-27-24-21-18-15-12-9-3)58(57-69-71(66,67)68-56-55-63(4,5)6)62-60(64)53-50-47-44-41-38-35-33-31-29-26-23-20-17-14-11-8-2/h31,33,49,52,58-59H,7-30,32,34-48,50-51,53-57H2,1-6H3,(H-,62,64,66,67)/b33-31+,52-49+. The molecule has 0 saturated heterocycles. The zero-order valence-corrected chi connectivity index (χ0v) is 48.8. The molecule has 1 N–H and O–H groups in total. The van der Waals surface area contributed by atoms with Crippen LogP contribution in [0.25, 0.3) is 0 Å². The van der Waals surface area contributed by atoms with Crippen molar-refractivity contribution in [1.29, 1.82) is 0 Å². The molecular weight excluding hydrogens is 904 g/mol. The Morgan fingerprint density at radius 2 is 0.817 bits per heavy atom. The average Bonchev–Trinajstić information content (AvgIpc) is 3.33. The van der Waals surface area contributed by atoms with E-state index in [4.69, 9.17) is 13.8 Å². The van der Waals surface area contributed by atoms with E-state index in [0.29, 0.717) is 17.4 Å². The van der Waals surface area contributed by atoms with Gasteiger partial charge in [-0.05, 0) is 57.4 Å². The van der Waals surface area contributed by atoms with E-state index in [9.17, 15) is 19.0 Å². The average molecular weight is 1020 g/mol. The molecule has 71 heavy (non-hydrogen) atoms. The number of phosphoric ester groups is 1. The third kappa shape index (κ3) is 53.1. The fourth-order valence-corrected chi connectivity index (χ4v) is 9.83. The quantitative estimate of drug-likeness (QED) is 0.0212. The molecule has 0 radical (unpaired) electrons. The van der Waals surface area contributed by atoms with Crippen LogP contribution in [-0.2, 0) is 27.9 Å². The van der Waals surface area contributed by atoms with Crippen molar-refractivity contribution in [3.63, 3.8) is 0 Å². The molecule has 0 aliphatic rings. The van der Waals surface area contributed by atoms with E-state index in [2.05, 4.69) is 38.2 Å². The number of amides is 1. The molecule has 0 saturated carbocycles. The van der Waals surface area contributed by atoms with Crippen LogP contribution in [-0.4, -0.2) is 69.4 Å². The van der Waals surface area contributed by atoms with E-state index in [1.54, 1.807) is 0 Å². The summed E-state index contributed by atoms with van der Waals surface area (Å²) in [5.74, 6) is -0.535. The minimum Gasteiger partial charge on any atom is -0.756 e. The normalized spacial score (nSPS) is 13.8. The van der Waals surface area contributed by atoms with Crippen LogP contribution in [0.15, 0.2) is 24.3 Å². The molecular formula is C61H119N2O7P. The fraction of sp³-hybridized carbons (Fsp3) is 0.902. The second-order valence-electron chi connectivity index (χ2n) is 22.2. The first kappa shape index (κ1) is 69.5. The van der Waals surface area contributed by atoms with E-state index >= 15 is 0 Å². The number of esters is 1. The van der Waals surface area contributed by atoms with Gasteiger partial charge in [-0.15, -0.1) is 0 Å². The summed E-state index contributed by atoms with van der Waals surface area (Å²) in [5.41, 5.74) is 0. The second-order valence-corrected chi connectivity index (χ2v) is 23.6. The van der Waals surface area contributed by atoms with Gasteiger partial charge in [0.15, 0.2) is 0 Å². The van der Waals surface area contributed by atoms with E-state index in [1.807, 2.05) is 33.3 Å². The maximum atomic E-state index is 13.5. The molecule has 0 rings (SSSR count). The highest BCUT2D eigenvalue weighted by Gasteiger charge is 2.27. The van der Waals surface area contributed by atoms with Crippen LogP contribution in [0.4, 0.5) is 0 Å². The first-order valence-corrected chi connectivity index (χ1v) is 32.1. The number of ether oxygens (including phenoxy) is 1. The summed E-state index contributed by atoms with van der Waals surface area (Å²) in [7, 11) is 1.19. The van der Waals surface area contributed by atoms with Crippen molar-refractivity contribution >= 4 is 19.7 Å². The molecule has 10 heteroatoms. The molecule has 1 amide bonds. The Bertz CT molecular complexity index is 1270. The Balaban J connectivity index is 5.27. The first-order chi connectivity index (χ1) is 34.4. The van der Waals surface area contributed by atoms with E-state index < -0.39 is 20.0 Å². The van der Waals surface area contributed by atoms with E-state index in [0.717, 1.165) is 77.0 Å². The number of phosphoric acid groups is 1. The zero-order chi connectivity index (χ0) is 52.2. The van der Waals surface area contributed by atoms with Crippen LogP contribution in [0.3, 0.4) is 0 Å². The molecule has 0 fully saturated rings. The summed E-state index contributed by atoms with van der Waals surface area (Å²) in [6, 6.07) is -0.886. The number of hydrogen-bond acceptors (Lipinski definition) is 7. The highest BCUT2D eigenvalue weighted by atomic mass is 31.2. The molecule has 0 spiro atoms. The summed E-state index contributed by atoms with van der Waals surface area (Å²) < 4.78 is 30.3. The smallest absolute Gasteiger partial charge is 0.306 e. The molecule has 0 aromatic heterocycles. The first-order valence-electron chi connectivity index (χ1n) is 30.6. The number of nitrogens with one attached hydrogen (secondary N) is 1. The number of rotatable bonds is 56. The van der Waals surface area contributed by atoms with Gasteiger partial charge >= 0.3 is 5.97 Å². The summed E-state index contributed by atoms with van der Waals surface area (Å²) in [5, 5.41) is 3.03. The number of carbonyl (C=O) groups excluding carboxylic acids is 2. The van der Waals surface area contributed by atoms with Gasteiger partial charge in [0.2, 0.25) is 5.91 Å². The largest absolute Gasteiger partial charge is 0.756 e. The summed E-state index contributed by atoms with van der Waals surface area (Å²) in [6.45, 7) is 6.87. The highest BCUT2D eigenvalue weighted by molar-refractivity contribution is 7.45. The number of carbonyl (C=O) groups is 2. The lowest BCUT2D eigenvalue weighted by Crippen LogP contribution is -2.47. The molecule has 0 aromatic carbocycles. The van der Waals surface area contributed by atoms with Crippen molar-refractivity contribution in [2.24, 2.45) is 0 Å². The Kier molecular flexibility index (Phi) is 50.8. The minimum absolute atomic E-state index is 0.0205. The number of nitrogens with zero attached hydrogens (tertiary/aromatic N) is 1. The SMILES string of the molecule is CCCCCCCCC/C=C/CCCCCCCC(=O)NC(COP(=O)([O-])OCC[N+](C)(C)C)C(/C=C/CCCCCCCCCCCC)OC(=O)CCCCCCCCCCCCCCCCCCC. The molecule has 0 heterocycles. The molecule has 0 aromatic rings. The highest BCUT2D eigenvalue weighted by Crippen LogP contribution is 2.38. The Labute approximate surface area is 441 Å². The van der Waals surface area contributed by atoms with Gasteiger partial charge in [-0.2, -0.15) is 0 Å². The molecule has 0 bridgehead atoms. The van der Waals surface area contributed by atoms with Gasteiger partial charge < -0.3 is 28.5 Å². The number of quaternary nitrogens is 1. The van der Waals surface area contributed by atoms with Crippen LogP contribution >= 0.6 is 7.82 Å². The van der Waals surface area contributed by atoms with Gasteiger partial charge in [0.25, 0.3) is 7.82 Å². The van der Waals surface area contributed by atoms with Gasteiger partial charge in [0, 0.05) is 12.8 Å². The molecule has 0 aliphatic carbocycles. The Morgan fingerprint density at radius 1 is 0.479 bits per heavy atom. The summed E-state index contributed by atoms with van der Waals surface area (Å²) in [6.07, 6.45) is 59.9. The number of hydrogen-bond donors (Lipinski definition) is 1. The predicted octanol–water partition coefficient (Wildman–Crippen LogP) is 17.9. The summed E-state index contributed by atoms with van der Waals surface area (Å²) in [4.78, 5) is 39.9. The van der Waals surface area contributed by atoms with Crippen LogP contribution < -0.4 is 10.2 Å². The molecule has 3 unspecified atom stereocenters. The number of likely N-dealkylation sites (N-methyl/N-ethyl adjacent to an activating group) is 1. The van der Waals surface area contributed by atoms with Crippen LogP contribution in [0, 0.1) is 0 Å². The maximum Gasteiger partial charge on any atom is 0.306 e. The van der Waals surface area contributed by atoms with Gasteiger partial charge in [0.1, 0.15) is 19.3 Å². The number of unbranched alkanes of at least 4 members (excludes halogenated alkanes) is 38. The van der Waals surface area contributed by atoms with Crippen LogP contribution in [0.1, 0.15) is 303 Å². The van der Waals surface area contributed by atoms with E-state index in [1.165, 1.54) is 193 Å². The lowest BCUT2D eigenvalue weighted by molar-refractivity contribution is -0.870. The third-order valence-corrected chi connectivity index (χ3v) is 14.8. The number of allylic oxidation sites excluding steroid dienone is 3. The fourth-order valence-electron chi connectivity index (χ4n) is 9.11. The van der Waals surface area contributed by atoms with Crippen molar-refractivity contribution in [1.82, 2.24) is 5.32 Å².